The third-order valence-corrected chi connectivity index (χ3v) is 4.96. The Kier molecular flexibility index (Phi) is 8.07. The molecule has 0 spiro atoms. The van der Waals surface area contributed by atoms with Crippen LogP contribution in [-0.4, -0.2) is 52.4 Å². The zero-order chi connectivity index (χ0) is 20.2. The fourth-order valence-corrected chi connectivity index (χ4v) is 3.77. The second-order valence-electron chi connectivity index (χ2n) is 6.49. The van der Waals surface area contributed by atoms with Gasteiger partial charge in [-0.25, -0.2) is 4.79 Å². The number of hydrogen-bond donors (Lipinski definition) is 0. The molecule has 0 aromatic heterocycles. The van der Waals surface area contributed by atoms with Crippen molar-refractivity contribution in [2.24, 2.45) is 5.92 Å². The highest BCUT2D eigenvalue weighted by Gasteiger charge is 2.50. The minimum Gasteiger partial charge on any atom is -0.469 e. The summed E-state index contributed by atoms with van der Waals surface area (Å²) in [6.45, 7) is 0. The summed E-state index contributed by atoms with van der Waals surface area (Å²) in [6.07, 6.45) is 2.26. The van der Waals surface area contributed by atoms with Crippen molar-refractivity contribution in [2.75, 3.05) is 14.2 Å². The van der Waals surface area contributed by atoms with Crippen molar-refractivity contribution < 1.29 is 19.1 Å². The van der Waals surface area contributed by atoms with E-state index in [4.69, 9.17) is 55.9 Å². The number of rotatable bonds is 3. The molecule has 5 nitrogen and oxygen atoms in total. The van der Waals surface area contributed by atoms with Crippen LogP contribution in [-0.2, 0) is 14.3 Å². The van der Waals surface area contributed by atoms with Crippen molar-refractivity contribution in [3.8, 4) is 0 Å². The first-order valence-electron chi connectivity index (χ1n) is 8.43. The fourth-order valence-electron chi connectivity index (χ4n) is 3.77. The van der Waals surface area contributed by atoms with Crippen molar-refractivity contribution in [2.45, 2.75) is 40.7 Å². The predicted molar refractivity (Wildman–Crippen MR) is 106 cm³/mol. The van der Waals surface area contributed by atoms with Gasteiger partial charge in [0.2, 0.25) is 0 Å². The van der Waals surface area contributed by atoms with Gasteiger partial charge in [0.05, 0.1) is 12.7 Å². The molecule has 0 N–H and O–H groups in total. The summed E-state index contributed by atoms with van der Waals surface area (Å²) in [5, 5.41) is 0. The Hall–Kier alpha value is -0.720. The summed E-state index contributed by atoms with van der Waals surface area (Å²) < 4.78 is 9.01. The molecular formula is C18H21Cl4NO4. The molecule has 0 radical (unpaired) electrons. The van der Waals surface area contributed by atoms with E-state index in [-0.39, 0.29) is 18.0 Å². The fraction of sp³-hybridized carbons (Fsp3) is 0.556. The van der Waals surface area contributed by atoms with E-state index in [0.717, 1.165) is 12.8 Å². The number of methoxy groups -OCH3 is 1. The number of ether oxygens (including phenoxy) is 2. The van der Waals surface area contributed by atoms with Gasteiger partial charge in [-0.15, -0.1) is 0 Å². The van der Waals surface area contributed by atoms with Crippen molar-refractivity contribution in [3.05, 3.63) is 35.9 Å². The lowest BCUT2D eigenvalue weighted by molar-refractivity contribution is -0.156. The lowest BCUT2D eigenvalue weighted by atomic mass is 9.87. The lowest BCUT2D eigenvalue weighted by Gasteiger charge is -2.40. The first-order valence-corrected chi connectivity index (χ1v) is 9.94. The number of nitrogens with zero attached hydrogens (tertiary/aromatic N) is 1. The van der Waals surface area contributed by atoms with Crippen LogP contribution < -0.4 is 0 Å². The third-order valence-electron chi connectivity index (χ3n) is 4.96. The van der Waals surface area contributed by atoms with E-state index in [1.807, 2.05) is 13.1 Å². The first-order chi connectivity index (χ1) is 12.6. The molecule has 0 amide bonds. The van der Waals surface area contributed by atoms with Crippen LogP contribution >= 0.6 is 46.4 Å². The molecule has 2 fully saturated rings. The normalized spacial score (nSPS) is 27.3. The zero-order valence-electron chi connectivity index (χ0n) is 14.9. The monoisotopic (exact) mass is 455 g/mol. The van der Waals surface area contributed by atoms with Crippen molar-refractivity contribution >= 4 is 58.3 Å². The summed E-state index contributed by atoms with van der Waals surface area (Å²) in [4.78, 5) is 26.7. The molecule has 2 aliphatic rings. The number of hydrogen-bond acceptors (Lipinski definition) is 5. The molecule has 2 saturated heterocycles. The Labute approximate surface area is 178 Å². The summed E-state index contributed by atoms with van der Waals surface area (Å²) in [5.74, 6) is -1.06. The van der Waals surface area contributed by atoms with E-state index in [1.54, 1.807) is 24.3 Å². The van der Waals surface area contributed by atoms with Crippen LogP contribution in [0.4, 0.5) is 0 Å². The van der Waals surface area contributed by atoms with Crippen LogP contribution in [0.1, 0.15) is 29.6 Å². The van der Waals surface area contributed by atoms with Gasteiger partial charge in [-0.2, -0.15) is 0 Å². The van der Waals surface area contributed by atoms with Gasteiger partial charge >= 0.3 is 11.9 Å². The molecule has 2 aliphatic heterocycles. The van der Waals surface area contributed by atoms with Gasteiger partial charge in [-0.1, -0.05) is 64.6 Å². The Balaban J connectivity index is 0.000000465. The quantitative estimate of drug-likeness (QED) is 0.497. The van der Waals surface area contributed by atoms with Crippen molar-refractivity contribution in [1.82, 2.24) is 4.90 Å². The van der Waals surface area contributed by atoms with E-state index in [9.17, 15) is 9.59 Å². The number of carbonyl (C=O) groups excluding carboxylic acids is 2. The number of benzene rings is 1. The van der Waals surface area contributed by atoms with Gasteiger partial charge in [-0.05, 0) is 32.0 Å². The SMILES string of the molecule is COC(=O)[C@H]1[C@@H](OC(=O)c2ccccc2)C[C@@H]2CC[C@H]1N2C.ClC(Cl)(Cl)Cl. The molecule has 0 aliphatic carbocycles. The maximum Gasteiger partial charge on any atom is 0.338 e. The molecule has 4 atom stereocenters. The van der Waals surface area contributed by atoms with E-state index in [2.05, 4.69) is 4.90 Å². The number of alkyl halides is 4. The van der Waals surface area contributed by atoms with Gasteiger partial charge in [0, 0.05) is 18.5 Å². The lowest BCUT2D eigenvalue weighted by Crippen LogP contribution is -2.53. The van der Waals surface area contributed by atoms with Crippen LogP contribution in [0.2, 0.25) is 0 Å². The Morgan fingerprint density at radius 3 is 2.26 bits per heavy atom. The number of piperidine rings is 1. The Bertz CT molecular complexity index is 647. The largest absolute Gasteiger partial charge is 0.469 e. The molecule has 27 heavy (non-hydrogen) atoms. The van der Waals surface area contributed by atoms with E-state index >= 15 is 0 Å². The van der Waals surface area contributed by atoms with Crippen molar-refractivity contribution in [3.63, 3.8) is 0 Å². The van der Waals surface area contributed by atoms with Gasteiger partial charge in [-0.3, -0.25) is 9.69 Å². The van der Waals surface area contributed by atoms with Crippen LogP contribution in [0.25, 0.3) is 0 Å². The maximum absolute atomic E-state index is 12.3. The second kappa shape index (κ2) is 9.66. The summed E-state index contributed by atoms with van der Waals surface area (Å²) in [6, 6.07) is 9.36. The van der Waals surface area contributed by atoms with E-state index in [1.165, 1.54) is 7.11 Å². The average molecular weight is 457 g/mol. The predicted octanol–water partition coefficient (Wildman–Crippen LogP) is 4.42. The standard InChI is InChI=1S/C17H21NO4.CCl4/c1-18-12-8-9-13(18)15(17(20)21-2)14(10-12)22-16(19)11-6-4-3-5-7-11;2-1(3,4)5/h3-7,12-15H,8-10H2,1-2H3;/t12-,13+,14-,15+;/m0./s1. The highest BCUT2D eigenvalue weighted by molar-refractivity contribution is 6.83. The number of carbonyl (C=O) groups is 2. The zero-order valence-corrected chi connectivity index (χ0v) is 17.9. The van der Waals surface area contributed by atoms with Gasteiger partial charge < -0.3 is 9.47 Å². The topological polar surface area (TPSA) is 55.8 Å². The molecule has 1 aromatic rings. The molecular weight excluding hydrogens is 436 g/mol. The molecule has 2 heterocycles. The van der Waals surface area contributed by atoms with Gasteiger partial charge in [0.25, 0.3) is 3.25 Å². The van der Waals surface area contributed by atoms with Crippen molar-refractivity contribution in [1.29, 1.82) is 0 Å². The minimum absolute atomic E-state index is 0.0970. The second-order valence-corrected chi connectivity index (χ2v) is 9.92. The maximum atomic E-state index is 12.3. The highest BCUT2D eigenvalue weighted by atomic mass is 35.6. The number of halogens is 4. The minimum atomic E-state index is -1.61. The third kappa shape index (κ3) is 6.40. The van der Waals surface area contributed by atoms with E-state index in [0.29, 0.717) is 18.0 Å². The van der Waals surface area contributed by atoms with Crippen LogP contribution in [0.5, 0.6) is 0 Å². The highest BCUT2D eigenvalue weighted by Crippen LogP contribution is 2.40. The van der Waals surface area contributed by atoms with Crippen LogP contribution in [0.15, 0.2) is 30.3 Å². The Morgan fingerprint density at radius 2 is 1.70 bits per heavy atom. The average Bonchev–Trinajstić information content (AvgIpc) is 2.84. The molecule has 2 bridgehead atoms. The number of esters is 2. The van der Waals surface area contributed by atoms with E-state index < -0.39 is 15.3 Å². The smallest absolute Gasteiger partial charge is 0.338 e. The summed E-state index contributed by atoms with van der Waals surface area (Å²) in [5.41, 5.74) is 0.511. The molecule has 0 unspecified atom stereocenters. The molecule has 9 heteroatoms. The summed E-state index contributed by atoms with van der Waals surface area (Å²) >= 11 is 19.3. The molecule has 150 valence electrons. The van der Waals surface area contributed by atoms with Crippen LogP contribution in [0, 0.1) is 5.92 Å². The first kappa shape index (κ1) is 22.6. The molecule has 3 rings (SSSR count). The molecule has 1 aromatic carbocycles. The molecule has 0 saturated carbocycles. The Morgan fingerprint density at radius 1 is 1.11 bits per heavy atom. The van der Waals surface area contributed by atoms with Gasteiger partial charge in [0.1, 0.15) is 12.0 Å². The summed E-state index contributed by atoms with van der Waals surface area (Å²) in [7, 11) is 3.42. The van der Waals surface area contributed by atoms with Crippen LogP contribution in [0.3, 0.4) is 0 Å². The number of fused-ring (bicyclic) bond motifs is 2. The van der Waals surface area contributed by atoms with Gasteiger partial charge in [0.15, 0.2) is 0 Å².